The maximum atomic E-state index is 12.7. The third-order valence-corrected chi connectivity index (χ3v) is 5.54. The normalized spacial score (nSPS) is 14.8. The molecule has 2 amide bonds. The molecule has 0 saturated heterocycles. The number of hydrogen-bond donors (Lipinski definition) is 1. The molecule has 1 unspecified atom stereocenters. The van der Waals surface area contributed by atoms with Crippen LogP contribution in [-0.2, 0) is 16.0 Å². The second-order valence-corrected chi connectivity index (χ2v) is 8.08. The average molecular weight is 443 g/mol. The number of ether oxygens (including phenoxy) is 1. The van der Waals surface area contributed by atoms with Crippen LogP contribution in [0.4, 0.5) is 24.7 Å². The van der Waals surface area contributed by atoms with Crippen molar-refractivity contribution in [2.75, 3.05) is 22.5 Å². The molecule has 2 heterocycles. The minimum absolute atomic E-state index is 0.0483. The summed E-state index contributed by atoms with van der Waals surface area (Å²) < 4.78 is 46.1. The van der Waals surface area contributed by atoms with E-state index in [-0.39, 0.29) is 23.3 Å². The van der Waals surface area contributed by atoms with E-state index >= 15 is 0 Å². The van der Waals surface area contributed by atoms with Crippen LogP contribution in [0.2, 0.25) is 0 Å². The summed E-state index contributed by atoms with van der Waals surface area (Å²) in [5.41, 5.74) is 1.19. The first-order chi connectivity index (χ1) is 14.1. The molecule has 0 fully saturated rings. The van der Waals surface area contributed by atoms with Gasteiger partial charge in [-0.25, -0.2) is 0 Å². The molecule has 0 saturated carbocycles. The number of aromatic nitrogens is 1. The monoisotopic (exact) mass is 443 g/mol. The summed E-state index contributed by atoms with van der Waals surface area (Å²) in [5.74, 6) is 0.0772. The molecule has 0 bridgehead atoms. The molecule has 0 spiro atoms. The van der Waals surface area contributed by atoms with E-state index in [1.165, 1.54) is 23.1 Å². The maximum Gasteiger partial charge on any atom is 0.573 e. The van der Waals surface area contributed by atoms with Crippen LogP contribution >= 0.6 is 11.8 Å². The van der Waals surface area contributed by atoms with E-state index in [4.69, 9.17) is 4.52 Å². The molecular formula is C19H20F3N3O4S. The molecule has 1 aromatic heterocycles. The molecule has 1 aliphatic rings. The smallest absolute Gasteiger partial charge is 0.406 e. The summed E-state index contributed by atoms with van der Waals surface area (Å²) in [4.78, 5) is 26.5. The fraction of sp³-hybridized carbons (Fsp3) is 0.421. The van der Waals surface area contributed by atoms with E-state index in [1.807, 2.05) is 0 Å². The molecule has 11 heteroatoms. The number of alkyl halides is 3. The zero-order valence-corrected chi connectivity index (χ0v) is 17.1. The summed E-state index contributed by atoms with van der Waals surface area (Å²) in [7, 11) is 0. The molecule has 30 heavy (non-hydrogen) atoms. The van der Waals surface area contributed by atoms with E-state index in [2.05, 4.69) is 15.2 Å². The number of carbonyl (C=O) groups is 2. The highest BCUT2D eigenvalue weighted by Gasteiger charge is 2.32. The summed E-state index contributed by atoms with van der Waals surface area (Å²) >= 11 is 1.16. The van der Waals surface area contributed by atoms with Gasteiger partial charge in [-0.3, -0.25) is 9.59 Å². The minimum atomic E-state index is -4.77. The van der Waals surface area contributed by atoms with Crippen LogP contribution < -0.4 is 15.0 Å². The van der Waals surface area contributed by atoms with Gasteiger partial charge in [0.25, 0.3) is 0 Å². The van der Waals surface area contributed by atoms with E-state index in [0.29, 0.717) is 42.2 Å². The second-order valence-electron chi connectivity index (χ2n) is 6.75. The van der Waals surface area contributed by atoms with Crippen molar-refractivity contribution in [3.8, 4) is 5.75 Å². The molecule has 3 rings (SSSR count). The molecular weight excluding hydrogens is 423 g/mol. The number of anilines is 2. The Kier molecular flexibility index (Phi) is 6.59. The predicted octanol–water partition coefficient (Wildman–Crippen LogP) is 3.92. The van der Waals surface area contributed by atoms with Crippen LogP contribution in [0.3, 0.4) is 0 Å². The number of fused-ring (bicyclic) bond motifs is 1. The van der Waals surface area contributed by atoms with E-state index < -0.39 is 11.6 Å². The number of amides is 2. The highest BCUT2D eigenvalue weighted by molar-refractivity contribution is 8.01. The van der Waals surface area contributed by atoms with Crippen LogP contribution in [0.5, 0.6) is 5.75 Å². The van der Waals surface area contributed by atoms with Crippen LogP contribution in [-0.4, -0.2) is 40.9 Å². The molecule has 2 aromatic rings. The van der Waals surface area contributed by atoms with E-state index in [0.717, 1.165) is 11.8 Å². The van der Waals surface area contributed by atoms with Crippen molar-refractivity contribution in [3.63, 3.8) is 0 Å². The van der Waals surface area contributed by atoms with Gasteiger partial charge in [0.2, 0.25) is 11.8 Å². The number of rotatable bonds is 6. The Balaban J connectivity index is 1.59. The molecule has 162 valence electrons. The number of halogens is 3. The van der Waals surface area contributed by atoms with Gasteiger partial charge in [-0.1, -0.05) is 5.16 Å². The number of benzene rings is 1. The lowest BCUT2D eigenvalue weighted by Crippen LogP contribution is -2.37. The van der Waals surface area contributed by atoms with E-state index in [1.54, 1.807) is 19.9 Å². The van der Waals surface area contributed by atoms with Crippen molar-refractivity contribution in [1.82, 2.24) is 5.16 Å². The highest BCUT2D eigenvalue weighted by Crippen LogP contribution is 2.33. The van der Waals surface area contributed by atoms with Crippen molar-refractivity contribution in [2.24, 2.45) is 0 Å². The first kappa shape index (κ1) is 22.0. The van der Waals surface area contributed by atoms with Crippen LogP contribution in [0.1, 0.15) is 24.7 Å². The average Bonchev–Trinajstić information content (AvgIpc) is 3.08. The zero-order chi connectivity index (χ0) is 21.9. The van der Waals surface area contributed by atoms with Crippen molar-refractivity contribution in [2.45, 2.75) is 38.3 Å². The van der Waals surface area contributed by atoms with Gasteiger partial charge in [-0.2, -0.15) is 0 Å². The summed E-state index contributed by atoms with van der Waals surface area (Å²) in [6.45, 7) is 3.84. The Morgan fingerprint density at radius 3 is 2.80 bits per heavy atom. The Morgan fingerprint density at radius 2 is 2.13 bits per heavy atom. The Bertz CT molecular complexity index is 932. The molecule has 1 atom stereocenters. The van der Waals surface area contributed by atoms with Gasteiger partial charge >= 0.3 is 6.36 Å². The first-order valence-corrected chi connectivity index (χ1v) is 10.2. The van der Waals surface area contributed by atoms with Gasteiger partial charge in [0.05, 0.1) is 11.0 Å². The number of hydrogen-bond acceptors (Lipinski definition) is 6. The molecule has 7 nitrogen and oxygen atoms in total. The van der Waals surface area contributed by atoms with Crippen LogP contribution in [0, 0.1) is 6.92 Å². The quantitative estimate of drug-likeness (QED) is 0.729. The summed E-state index contributed by atoms with van der Waals surface area (Å²) in [6, 6.07) is 5.55. The molecule has 1 aromatic carbocycles. The third kappa shape index (κ3) is 5.68. The number of carbonyl (C=O) groups excluding carboxylic acids is 2. The van der Waals surface area contributed by atoms with Gasteiger partial charge in [0, 0.05) is 18.3 Å². The highest BCUT2D eigenvalue weighted by atomic mass is 32.2. The van der Waals surface area contributed by atoms with Gasteiger partial charge in [-0.15, -0.1) is 24.9 Å². The Morgan fingerprint density at radius 1 is 1.37 bits per heavy atom. The lowest BCUT2D eigenvalue weighted by Gasteiger charge is -2.30. The maximum absolute atomic E-state index is 12.7. The summed E-state index contributed by atoms with van der Waals surface area (Å²) in [5, 5.41) is 5.78. The minimum Gasteiger partial charge on any atom is -0.406 e. The molecule has 1 aliphatic heterocycles. The topological polar surface area (TPSA) is 84.7 Å². The third-order valence-electron chi connectivity index (χ3n) is 4.41. The second kappa shape index (κ2) is 8.99. The predicted molar refractivity (Wildman–Crippen MR) is 106 cm³/mol. The SMILES string of the molecule is Cc1cc(NC(=O)C(C)SCC(=O)N2CCCc3cc(OC(F)(F)F)ccc32)no1. The van der Waals surface area contributed by atoms with E-state index in [9.17, 15) is 22.8 Å². The van der Waals surface area contributed by atoms with Crippen molar-refractivity contribution in [1.29, 1.82) is 0 Å². The summed E-state index contributed by atoms with van der Waals surface area (Å²) in [6.07, 6.45) is -3.59. The number of aryl methyl sites for hydroxylation is 2. The lowest BCUT2D eigenvalue weighted by molar-refractivity contribution is -0.274. The zero-order valence-electron chi connectivity index (χ0n) is 16.3. The van der Waals surface area contributed by atoms with Crippen LogP contribution in [0.15, 0.2) is 28.8 Å². The van der Waals surface area contributed by atoms with Crippen molar-refractivity contribution < 1.29 is 32.0 Å². The number of nitrogens with zero attached hydrogens (tertiary/aromatic N) is 2. The fourth-order valence-electron chi connectivity index (χ4n) is 3.03. The van der Waals surface area contributed by atoms with Crippen LogP contribution in [0.25, 0.3) is 0 Å². The Labute approximate surface area is 174 Å². The Hall–Kier alpha value is -2.69. The van der Waals surface area contributed by atoms with Crippen molar-refractivity contribution >= 4 is 35.1 Å². The van der Waals surface area contributed by atoms with Crippen molar-refractivity contribution in [3.05, 3.63) is 35.6 Å². The molecule has 1 N–H and O–H groups in total. The fourth-order valence-corrected chi connectivity index (χ4v) is 3.79. The lowest BCUT2D eigenvalue weighted by atomic mass is 10.0. The van der Waals surface area contributed by atoms with Gasteiger partial charge in [0.1, 0.15) is 11.5 Å². The van der Waals surface area contributed by atoms with Gasteiger partial charge in [-0.05, 0) is 50.5 Å². The standard InChI is InChI=1S/C19H20F3N3O4S/c1-11-8-16(24-29-11)23-18(27)12(2)30-10-17(26)25-7-3-4-13-9-14(5-6-15(13)25)28-19(20,21)22/h5-6,8-9,12H,3-4,7,10H2,1-2H3,(H,23,24,27). The largest absolute Gasteiger partial charge is 0.573 e. The number of thioether (sulfide) groups is 1. The van der Waals surface area contributed by atoms with Gasteiger partial charge in [0.15, 0.2) is 5.82 Å². The first-order valence-electron chi connectivity index (χ1n) is 9.17. The molecule has 0 radical (unpaired) electrons. The molecule has 0 aliphatic carbocycles. The number of nitrogens with one attached hydrogen (secondary N) is 1. The van der Waals surface area contributed by atoms with Gasteiger partial charge < -0.3 is 19.5 Å².